The Morgan fingerprint density at radius 2 is 2.07 bits per heavy atom. The third-order valence-electron chi connectivity index (χ3n) is 2.94. The fraction of sp³-hybridized carbons (Fsp3) is 0.308. The van der Waals surface area contributed by atoms with E-state index in [0.717, 1.165) is 6.42 Å². The number of rotatable bonds is 0. The second-order valence-corrected chi connectivity index (χ2v) is 5.45. The molecule has 0 amide bonds. The molecule has 0 saturated heterocycles. The minimum absolute atomic E-state index is 1.16. The number of aromatic nitrogens is 1. The third kappa shape index (κ3) is 1.40. The van der Waals surface area contributed by atoms with Crippen LogP contribution in [0.1, 0.15) is 21.0 Å². The first kappa shape index (κ1) is 9.10. The number of aryl methyl sites for hydroxylation is 4. The fourth-order valence-electron chi connectivity index (χ4n) is 2.26. The highest BCUT2D eigenvalue weighted by Crippen LogP contribution is 2.36. The summed E-state index contributed by atoms with van der Waals surface area (Å²) in [5, 5.41) is 1.19. The molecule has 2 aromatic rings. The standard InChI is InChI=1S/C13H13NS/c1-8-3-5-11-10(7-8)4-6-12-13(11)14-9(2)15-12/h3,5,7H,4,6H2,1-2H3. The van der Waals surface area contributed by atoms with Gasteiger partial charge in [-0.1, -0.05) is 23.8 Å². The molecule has 0 aliphatic heterocycles. The van der Waals surface area contributed by atoms with Crippen molar-refractivity contribution < 1.29 is 0 Å². The predicted octanol–water partition coefficient (Wildman–Crippen LogP) is 3.53. The quantitative estimate of drug-likeness (QED) is 0.655. The van der Waals surface area contributed by atoms with Gasteiger partial charge in [-0.3, -0.25) is 0 Å². The molecule has 1 aliphatic rings. The van der Waals surface area contributed by atoms with E-state index < -0.39 is 0 Å². The van der Waals surface area contributed by atoms with Gasteiger partial charge in [0.25, 0.3) is 0 Å². The molecule has 1 aromatic carbocycles. The van der Waals surface area contributed by atoms with Gasteiger partial charge >= 0.3 is 0 Å². The summed E-state index contributed by atoms with van der Waals surface area (Å²) in [6.45, 7) is 4.25. The summed E-state index contributed by atoms with van der Waals surface area (Å²) in [5.41, 5.74) is 5.40. The van der Waals surface area contributed by atoms with Crippen LogP contribution in [0.5, 0.6) is 0 Å². The van der Waals surface area contributed by atoms with E-state index >= 15 is 0 Å². The van der Waals surface area contributed by atoms with Gasteiger partial charge in [0.1, 0.15) is 0 Å². The number of thiazole rings is 1. The van der Waals surface area contributed by atoms with Gasteiger partial charge in [-0.05, 0) is 32.3 Å². The van der Waals surface area contributed by atoms with Crippen LogP contribution in [0.2, 0.25) is 0 Å². The number of nitrogens with zero attached hydrogens (tertiary/aromatic N) is 1. The molecule has 0 radical (unpaired) electrons. The summed E-state index contributed by atoms with van der Waals surface area (Å²) in [6.07, 6.45) is 2.34. The molecule has 0 bridgehead atoms. The maximum atomic E-state index is 4.64. The minimum Gasteiger partial charge on any atom is -0.241 e. The molecule has 0 atom stereocenters. The molecule has 0 N–H and O–H groups in total. The zero-order valence-electron chi connectivity index (χ0n) is 9.00. The molecule has 1 nitrogen and oxygen atoms in total. The molecule has 1 aliphatic carbocycles. The number of hydrogen-bond acceptors (Lipinski definition) is 2. The van der Waals surface area contributed by atoms with Crippen LogP contribution in [-0.2, 0) is 12.8 Å². The molecule has 1 heterocycles. The van der Waals surface area contributed by atoms with E-state index in [0.29, 0.717) is 0 Å². The fourth-order valence-corrected chi connectivity index (χ4v) is 3.21. The Morgan fingerprint density at radius 1 is 1.20 bits per heavy atom. The normalized spacial score (nSPS) is 13.5. The van der Waals surface area contributed by atoms with Crippen LogP contribution in [0.15, 0.2) is 18.2 Å². The lowest BCUT2D eigenvalue weighted by atomic mass is 9.92. The lowest BCUT2D eigenvalue weighted by Crippen LogP contribution is -2.02. The van der Waals surface area contributed by atoms with Gasteiger partial charge in [-0.15, -0.1) is 11.3 Å². The monoisotopic (exact) mass is 215 g/mol. The van der Waals surface area contributed by atoms with Crippen LogP contribution >= 0.6 is 11.3 Å². The van der Waals surface area contributed by atoms with E-state index in [2.05, 4.69) is 37.0 Å². The number of hydrogen-bond donors (Lipinski definition) is 0. The van der Waals surface area contributed by atoms with E-state index in [4.69, 9.17) is 0 Å². The van der Waals surface area contributed by atoms with Crippen molar-refractivity contribution in [1.82, 2.24) is 4.98 Å². The Kier molecular flexibility index (Phi) is 1.93. The van der Waals surface area contributed by atoms with Gasteiger partial charge in [0.15, 0.2) is 0 Å². The molecule has 0 saturated carbocycles. The summed E-state index contributed by atoms with van der Waals surface area (Å²) in [5.74, 6) is 0. The topological polar surface area (TPSA) is 12.9 Å². The highest BCUT2D eigenvalue weighted by atomic mass is 32.1. The van der Waals surface area contributed by atoms with Crippen LogP contribution in [0.3, 0.4) is 0 Å². The molecule has 2 heteroatoms. The highest BCUT2D eigenvalue weighted by Gasteiger charge is 2.19. The Bertz CT molecular complexity index is 525. The van der Waals surface area contributed by atoms with E-state index in [-0.39, 0.29) is 0 Å². The van der Waals surface area contributed by atoms with Crippen LogP contribution in [0, 0.1) is 13.8 Å². The minimum atomic E-state index is 1.16. The average molecular weight is 215 g/mol. The summed E-state index contributed by atoms with van der Waals surface area (Å²) < 4.78 is 0. The van der Waals surface area contributed by atoms with Crippen molar-refractivity contribution in [1.29, 1.82) is 0 Å². The molecule has 0 spiro atoms. The Balaban J connectivity index is 2.25. The molecule has 76 valence electrons. The van der Waals surface area contributed by atoms with Crippen molar-refractivity contribution in [3.05, 3.63) is 39.2 Å². The first-order chi connectivity index (χ1) is 7.24. The molecule has 0 fully saturated rings. The Morgan fingerprint density at radius 3 is 2.93 bits per heavy atom. The first-order valence-electron chi connectivity index (χ1n) is 5.30. The summed E-state index contributed by atoms with van der Waals surface area (Å²) in [6, 6.07) is 6.71. The van der Waals surface area contributed by atoms with E-state index in [1.54, 1.807) is 0 Å². The van der Waals surface area contributed by atoms with Crippen LogP contribution in [0.4, 0.5) is 0 Å². The molecule has 1 aromatic heterocycles. The van der Waals surface area contributed by atoms with Crippen molar-refractivity contribution in [3.8, 4) is 11.3 Å². The number of benzene rings is 1. The van der Waals surface area contributed by atoms with Crippen molar-refractivity contribution in [3.63, 3.8) is 0 Å². The third-order valence-corrected chi connectivity index (χ3v) is 3.97. The maximum absolute atomic E-state index is 4.64. The smallest absolute Gasteiger partial charge is 0.0904 e. The van der Waals surface area contributed by atoms with Crippen LogP contribution < -0.4 is 0 Å². The molecule has 15 heavy (non-hydrogen) atoms. The van der Waals surface area contributed by atoms with Gasteiger partial charge in [0.05, 0.1) is 10.7 Å². The Labute approximate surface area is 93.8 Å². The molecular formula is C13H13NS. The summed E-state index contributed by atoms with van der Waals surface area (Å²) in [7, 11) is 0. The molecule has 0 unspecified atom stereocenters. The van der Waals surface area contributed by atoms with Crippen molar-refractivity contribution in [2.24, 2.45) is 0 Å². The SMILES string of the molecule is Cc1ccc2c(c1)CCc1sc(C)nc1-2. The van der Waals surface area contributed by atoms with Gasteiger partial charge in [-0.2, -0.15) is 0 Å². The van der Waals surface area contributed by atoms with E-state index in [9.17, 15) is 0 Å². The zero-order chi connectivity index (χ0) is 10.4. The Hall–Kier alpha value is -1.15. The lowest BCUT2D eigenvalue weighted by Gasteiger charge is -2.15. The number of fused-ring (bicyclic) bond motifs is 3. The van der Waals surface area contributed by atoms with Crippen molar-refractivity contribution >= 4 is 11.3 Å². The summed E-state index contributed by atoms with van der Waals surface area (Å²) >= 11 is 1.85. The van der Waals surface area contributed by atoms with Gasteiger partial charge in [0.2, 0.25) is 0 Å². The largest absolute Gasteiger partial charge is 0.241 e. The zero-order valence-corrected chi connectivity index (χ0v) is 9.82. The molecule has 3 rings (SSSR count). The van der Waals surface area contributed by atoms with Crippen molar-refractivity contribution in [2.45, 2.75) is 26.7 Å². The van der Waals surface area contributed by atoms with Crippen LogP contribution in [-0.4, -0.2) is 4.98 Å². The average Bonchev–Trinajstić information content (AvgIpc) is 2.58. The van der Waals surface area contributed by atoms with Crippen LogP contribution in [0.25, 0.3) is 11.3 Å². The lowest BCUT2D eigenvalue weighted by molar-refractivity contribution is 0.952. The second-order valence-electron chi connectivity index (χ2n) is 4.17. The van der Waals surface area contributed by atoms with Gasteiger partial charge in [0, 0.05) is 10.4 Å². The first-order valence-corrected chi connectivity index (χ1v) is 6.12. The van der Waals surface area contributed by atoms with Gasteiger partial charge < -0.3 is 0 Å². The van der Waals surface area contributed by atoms with E-state index in [1.165, 1.54) is 38.7 Å². The predicted molar refractivity (Wildman–Crippen MR) is 64.4 cm³/mol. The second kappa shape index (κ2) is 3.17. The summed E-state index contributed by atoms with van der Waals surface area (Å²) in [4.78, 5) is 6.10. The van der Waals surface area contributed by atoms with E-state index in [1.807, 2.05) is 11.3 Å². The van der Waals surface area contributed by atoms with Gasteiger partial charge in [-0.25, -0.2) is 4.98 Å². The highest BCUT2D eigenvalue weighted by molar-refractivity contribution is 7.12. The molecular weight excluding hydrogens is 202 g/mol. The van der Waals surface area contributed by atoms with Crippen molar-refractivity contribution in [2.75, 3.05) is 0 Å². The maximum Gasteiger partial charge on any atom is 0.0904 e.